The SMILES string of the molecule is CCOC(=O)Nc1ccc2c(c1)CCCN2C(=O)c1cccs1. The van der Waals surface area contributed by atoms with Crippen molar-refractivity contribution in [3.63, 3.8) is 0 Å². The maximum atomic E-state index is 12.6. The second-order valence-corrected chi connectivity index (χ2v) is 6.17. The van der Waals surface area contributed by atoms with Gasteiger partial charge in [-0.2, -0.15) is 0 Å². The number of carbonyl (C=O) groups excluding carboxylic acids is 2. The van der Waals surface area contributed by atoms with Crippen molar-refractivity contribution in [3.8, 4) is 0 Å². The fourth-order valence-corrected chi connectivity index (χ4v) is 3.38. The third-order valence-electron chi connectivity index (χ3n) is 3.70. The molecule has 120 valence electrons. The van der Waals surface area contributed by atoms with Crippen LogP contribution in [-0.4, -0.2) is 25.2 Å². The van der Waals surface area contributed by atoms with E-state index in [0.717, 1.165) is 29.0 Å². The number of hydrogen-bond acceptors (Lipinski definition) is 4. The highest BCUT2D eigenvalue weighted by Crippen LogP contribution is 2.31. The van der Waals surface area contributed by atoms with Gasteiger partial charge < -0.3 is 9.64 Å². The Morgan fingerprint density at radius 1 is 1.35 bits per heavy atom. The number of ether oxygens (including phenoxy) is 1. The number of anilines is 2. The summed E-state index contributed by atoms with van der Waals surface area (Å²) in [5, 5.41) is 4.61. The summed E-state index contributed by atoms with van der Waals surface area (Å²) in [5.41, 5.74) is 2.67. The van der Waals surface area contributed by atoms with Gasteiger partial charge in [-0.25, -0.2) is 4.79 Å². The summed E-state index contributed by atoms with van der Waals surface area (Å²) in [4.78, 5) is 26.7. The van der Waals surface area contributed by atoms with Crippen molar-refractivity contribution < 1.29 is 14.3 Å². The van der Waals surface area contributed by atoms with Crippen LogP contribution in [0.25, 0.3) is 0 Å². The molecule has 2 heterocycles. The molecule has 6 heteroatoms. The van der Waals surface area contributed by atoms with E-state index >= 15 is 0 Å². The van der Waals surface area contributed by atoms with E-state index < -0.39 is 6.09 Å². The van der Waals surface area contributed by atoms with Crippen LogP contribution >= 0.6 is 11.3 Å². The van der Waals surface area contributed by atoms with E-state index in [0.29, 0.717) is 18.8 Å². The van der Waals surface area contributed by atoms with Gasteiger partial charge in [-0.15, -0.1) is 11.3 Å². The zero-order chi connectivity index (χ0) is 16.2. The topological polar surface area (TPSA) is 58.6 Å². The van der Waals surface area contributed by atoms with E-state index in [9.17, 15) is 9.59 Å². The fourth-order valence-electron chi connectivity index (χ4n) is 2.70. The first-order valence-corrected chi connectivity index (χ1v) is 8.49. The van der Waals surface area contributed by atoms with Crippen LogP contribution in [0.3, 0.4) is 0 Å². The van der Waals surface area contributed by atoms with Crippen LogP contribution in [-0.2, 0) is 11.2 Å². The number of amides is 2. The second-order valence-electron chi connectivity index (χ2n) is 5.23. The van der Waals surface area contributed by atoms with E-state index in [1.165, 1.54) is 11.3 Å². The van der Waals surface area contributed by atoms with Crippen molar-refractivity contribution in [2.75, 3.05) is 23.4 Å². The van der Waals surface area contributed by atoms with Crippen LogP contribution in [0.15, 0.2) is 35.7 Å². The van der Waals surface area contributed by atoms with Crippen LogP contribution in [0.4, 0.5) is 16.2 Å². The number of benzene rings is 1. The highest BCUT2D eigenvalue weighted by molar-refractivity contribution is 7.12. The van der Waals surface area contributed by atoms with Gasteiger partial charge in [0.25, 0.3) is 5.91 Å². The summed E-state index contributed by atoms with van der Waals surface area (Å²) in [6, 6.07) is 9.34. The van der Waals surface area contributed by atoms with Crippen molar-refractivity contribution in [2.24, 2.45) is 0 Å². The van der Waals surface area contributed by atoms with Crippen molar-refractivity contribution in [3.05, 3.63) is 46.2 Å². The molecule has 23 heavy (non-hydrogen) atoms. The molecule has 0 spiro atoms. The largest absolute Gasteiger partial charge is 0.450 e. The van der Waals surface area contributed by atoms with Crippen LogP contribution in [0, 0.1) is 0 Å². The van der Waals surface area contributed by atoms with E-state index in [4.69, 9.17) is 4.74 Å². The number of carbonyl (C=O) groups is 2. The minimum Gasteiger partial charge on any atom is -0.450 e. The Morgan fingerprint density at radius 2 is 2.22 bits per heavy atom. The first-order valence-electron chi connectivity index (χ1n) is 7.61. The van der Waals surface area contributed by atoms with E-state index in [1.54, 1.807) is 13.0 Å². The Morgan fingerprint density at radius 3 is 2.96 bits per heavy atom. The normalized spacial score (nSPS) is 13.3. The summed E-state index contributed by atoms with van der Waals surface area (Å²) in [7, 11) is 0. The third-order valence-corrected chi connectivity index (χ3v) is 4.55. The average Bonchev–Trinajstić information content (AvgIpc) is 3.08. The fraction of sp³-hybridized carbons (Fsp3) is 0.294. The molecule has 1 aromatic heterocycles. The molecule has 0 unspecified atom stereocenters. The zero-order valence-corrected chi connectivity index (χ0v) is 13.7. The lowest BCUT2D eigenvalue weighted by atomic mass is 10.0. The standard InChI is InChI=1S/C17H18N2O3S/c1-2-22-17(21)18-13-7-8-14-12(11-13)5-3-9-19(14)16(20)15-6-4-10-23-15/h4,6-8,10-11H,2-3,5,9H2,1H3,(H,18,21). The molecular formula is C17H18N2O3S. The third kappa shape index (κ3) is 3.37. The summed E-state index contributed by atoms with van der Waals surface area (Å²) < 4.78 is 4.88. The van der Waals surface area contributed by atoms with Gasteiger partial charge in [0.2, 0.25) is 0 Å². The number of rotatable bonds is 3. The van der Waals surface area contributed by atoms with Gasteiger partial charge in [0.1, 0.15) is 0 Å². The Balaban J connectivity index is 1.82. The molecular weight excluding hydrogens is 312 g/mol. The van der Waals surface area contributed by atoms with Gasteiger partial charge in [-0.05, 0) is 55.0 Å². The van der Waals surface area contributed by atoms with Crippen molar-refractivity contribution in [1.29, 1.82) is 0 Å². The molecule has 0 radical (unpaired) electrons. The first kappa shape index (κ1) is 15.6. The van der Waals surface area contributed by atoms with Crippen molar-refractivity contribution in [1.82, 2.24) is 0 Å². The Bertz CT molecular complexity index is 713. The van der Waals surface area contributed by atoms with Crippen LogP contribution < -0.4 is 10.2 Å². The minimum absolute atomic E-state index is 0.0343. The van der Waals surface area contributed by atoms with Crippen molar-refractivity contribution >= 4 is 34.7 Å². The summed E-state index contributed by atoms with van der Waals surface area (Å²) >= 11 is 1.45. The Kier molecular flexibility index (Phi) is 4.62. The molecule has 0 saturated carbocycles. The monoisotopic (exact) mass is 330 g/mol. The van der Waals surface area contributed by atoms with Gasteiger partial charge >= 0.3 is 6.09 Å². The highest BCUT2D eigenvalue weighted by Gasteiger charge is 2.24. The zero-order valence-electron chi connectivity index (χ0n) is 12.9. The van der Waals surface area contributed by atoms with E-state index in [2.05, 4.69) is 5.32 Å². The summed E-state index contributed by atoms with van der Waals surface area (Å²) in [6.45, 7) is 2.81. The molecule has 1 aliphatic heterocycles. The summed E-state index contributed by atoms with van der Waals surface area (Å²) in [6.07, 6.45) is 1.34. The molecule has 1 aliphatic rings. The maximum Gasteiger partial charge on any atom is 0.411 e. The number of hydrogen-bond donors (Lipinski definition) is 1. The van der Waals surface area contributed by atoms with Gasteiger partial charge in [0.15, 0.2) is 0 Å². The van der Waals surface area contributed by atoms with E-state index in [1.807, 2.05) is 34.5 Å². The molecule has 0 bridgehead atoms. The smallest absolute Gasteiger partial charge is 0.411 e. The predicted octanol–water partition coefficient (Wildman–Crippen LogP) is 3.91. The number of nitrogens with zero attached hydrogens (tertiary/aromatic N) is 1. The quantitative estimate of drug-likeness (QED) is 0.928. The second kappa shape index (κ2) is 6.83. The van der Waals surface area contributed by atoms with E-state index in [-0.39, 0.29) is 5.91 Å². The van der Waals surface area contributed by atoms with Crippen LogP contribution in [0.5, 0.6) is 0 Å². The number of thiophene rings is 1. The van der Waals surface area contributed by atoms with Gasteiger partial charge in [-0.3, -0.25) is 10.1 Å². The minimum atomic E-state index is -0.463. The average molecular weight is 330 g/mol. The maximum absolute atomic E-state index is 12.6. The molecule has 5 nitrogen and oxygen atoms in total. The molecule has 0 atom stereocenters. The lowest BCUT2D eigenvalue weighted by molar-refractivity contribution is 0.0989. The summed E-state index contributed by atoms with van der Waals surface area (Å²) in [5.74, 6) is 0.0343. The number of aryl methyl sites for hydroxylation is 1. The Hall–Kier alpha value is -2.34. The lowest BCUT2D eigenvalue weighted by Gasteiger charge is -2.29. The molecule has 2 aromatic rings. The molecule has 1 N–H and O–H groups in total. The number of nitrogens with one attached hydrogen (secondary N) is 1. The molecule has 2 amide bonds. The predicted molar refractivity (Wildman–Crippen MR) is 91.4 cm³/mol. The molecule has 0 fully saturated rings. The molecule has 3 rings (SSSR count). The highest BCUT2D eigenvalue weighted by atomic mass is 32.1. The van der Waals surface area contributed by atoms with Crippen LogP contribution in [0.2, 0.25) is 0 Å². The van der Waals surface area contributed by atoms with Crippen molar-refractivity contribution in [2.45, 2.75) is 19.8 Å². The van der Waals surface area contributed by atoms with Crippen LogP contribution in [0.1, 0.15) is 28.6 Å². The molecule has 0 saturated heterocycles. The number of fused-ring (bicyclic) bond motifs is 1. The Labute approximate surface area is 138 Å². The van der Waals surface area contributed by atoms with Gasteiger partial charge in [0.05, 0.1) is 11.5 Å². The molecule has 1 aromatic carbocycles. The van der Waals surface area contributed by atoms with Gasteiger partial charge in [0, 0.05) is 17.9 Å². The lowest BCUT2D eigenvalue weighted by Crippen LogP contribution is -2.35. The molecule has 0 aliphatic carbocycles. The first-order chi connectivity index (χ1) is 11.2. The van der Waals surface area contributed by atoms with Gasteiger partial charge in [-0.1, -0.05) is 6.07 Å².